The predicted molar refractivity (Wildman–Crippen MR) is 106 cm³/mol. The van der Waals surface area contributed by atoms with E-state index in [0.717, 1.165) is 17.5 Å². The van der Waals surface area contributed by atoms with Gasteiger partial charge in [-0.2, -0.15) is 18.3 Å². The number of phenolic OH excluding ortho intramolecular Hbond substituents is 1. The number of phenols is 1. The van der Waals surface area contributed by atoms with Crippen molar-refractivity contribution in [3.8, 4) is 11.4 Å². The maximum absolute atomic E-state index is 14.2. The standard InChI is InChI=1S/C20H22F3N5O2/c1-9-7-8-12(29)10(2)15(9)27-17(24)14(18(25)30)13-16(20(21,22)23)28(26-19(13)27)11-5-3-4-6-11/h7-8,11,29H,3-6,24H2,1-2H3,(H2,25,30). The van der Waals surface area contributed by atoms with Gasteiger partial charge in [0.25, 0.3) is 5.91 Å². The highest BCUT2D eigenvalue weighted by Crippen LogP contribution is 2.45. The number of aromatic nitrogens is 3. The van der Waals surface area contributed by atoms with Crippen molar-refractivity contribution in [1.29, 1.82) is 0 Å². The zero-order chi connectivity index (χ0) is 22.0. The Hall–Kier alpha value is -3.17. The highest BCUT2D eigenvalue weighted by molar-refractivity contribution is 6.12. The summed E-state index contributed by atoms with van der Waals surface area (Å²) >= 11 is 0. The molecule has 160 valence electrons. The molecule has 3 aromatic rings. The van der Waals surface area contributed by atoms with E-state index in [1.165, 1.54) is 10.6 Å². The van der Waals surface area contributed by atoms with Crippen LogP contribution in [0, 0.1) is 13.8 Å². The summed E-state index contributed by atoms with van der Waals surface area (Å²) in [5.74, 6) is -1.35. The lowest BCUT2D eigenvalue weighted by Gasteiger charge is -2.17. The monoisotopic (exact) mass is 421 g/mol. The van der Waals surface area contributed by atoms with Crippen LogP contribution in [-0.4, -0.2) is 25.4 Å². The number of fused-ring (bicyclic) bond motifs is 1. The Morgan fingerprint density at radius 3 is 2.43 bits per heavy atom. The van der Waals surface area contributed by atoms with Crippen molar-refractivity contribution in [3.05, 3.63) is 34.5 Å². The van der Waals surface area contributed by atoms with Crippen LogP contribution in [0.4, 0.5) is 19.0 Å². The van der Waals surface area contributed by atoms with E-state index in [2.05, 4.69) is 5.10 Å². The van der Waals surface area contributed by atoms with E-state index in [0.29, 0.717) is 29.7 Å². The summed E-state index contributed by atoms with van der Waals surface area (Å²) in [6, 6.07) is 2.68. The first kappa shape index (κ1) is 20.1. The SMILES string of the molecule is Cc1ccc(O)c(C)c1-n1c(N)c(C(N)=O)c2c(C(F)(F)F)n(C3CCCC3)nc21. The molecule has 1 aromatic carbocycles. The van der Waals surface area contributed by atoms with E-state index in [1.807, 2.05) is 0 Å². The van der Waals surface area contributed by atoms with E-state index in [-0.39, 0.29) is 17.2 Å². The summed E-state index contributed by atoms with van der Waals surface area (Å²) in [4.78, 5) is 12.2. The maximum Gasteiger partial charge on any atom is 0.433 e. The summed E-state index contributed by atoms with van der Waals surface area (Å²) in [7, 11) is 0. The van der Waals surface area contributed by atoms with Gasteiger partial charge < -0.3 is 16.6 Å². The van der Waals surface area contributed by atoms with Gasteiger partial charge >= 0.3 is 6.18 Å². The average molecular weight is 421 g/mol. The molecule has 7 nitrogen and oxygen atoms in total. The summed E-state index contributed by atoms with van der Waals surface area (Å²) < 4.78 is 44.8. The third-order valence-electron chi connectivity index (χ3n) is 5.86. The van der Waals surface area contributed by atoms with E-state index in [4.69, 9.17) is 11.5 Å². The topological polar surface area (TPSA) is 112 Å². The zero-order valence-electron chi connectivity index (χ0n) is 16.5. The Balaban J connectivity index is 2.18. The number of amides is 1. The van der Waals surface area contributed by atoms with Gasteiger partial charge in [0.1, 0.15) is 11.6 Å². The molecule has 0 saturated heterocycles. The highest BCUT2D eigenvalue weighted by Gasteiger charge is 2.43. The Bertz CT molecular complexity index is 1170. The fourth-order valence-corrected chi connectivity index (χ4v) is 4.49. The van der Waals surface area contributed by atoms with Gasteiger partial charge in [-0.25, -0.2) is 0 Å². The number of carbonyl (C=O) groups is 1. The van der Waals surface area contributed by atoms with Gasteiger partial charge in [-0.15, -0.1) is 0 Å². The smallest absolute Gasteiger partial charge is 0.433 e. The van der Waals surface area contributed by atoms with Crippen molar-refractivity contribution in [3.63, 3.8) is 0 Å². The Labute approximate surface area is 170 Å². The number of anilines is 1. The first-order valence-corrected chi connectivity index (χ1v) is 9.63. The van der Waals surface area contributed by atoms with E-state index in [9.17, 15) is 23.1 Å². The fraction of sp³-hybridized carbons (Fsp3) is 0.400. The second-order valence-corrected chi connectivity index (χ2v) is 7.76. The van der Waals surface area contributed by atoms with Crippen molar-refractivity contribution in [2.75, 3.05) is 5.73 Å². The van der Waals surface area contributed by atoms with Crippen LogP contribution in [0.25, 0.3) is 16.7 Å². The van der Waals surface area contributed by atoms with Gasteiger partial charge in [-0.05, 0) is 38.3 Å². The van der Waals surface area contributed by atoms with Crippen molar-refractivity contribution in [1.82, 2.24) is 14.3 Å². The number of aryl methyl sites for hydroxylation is 1. The minimum Gasteiger partial charge on any atom is -0.508 e. The first-order valence-electron chi connectivity index (χ1n) is 9.63. The second-order valence-electron chi connectivity index (χ2n) is 7.76. The molecular formula is C20H22F3N5O2. The number of nitrogens with two attached hydrogens (primary N) is 2. The quantitative estimate of drug-likeness (QED) is 0.594. The van der Waals surface area contributed by atoms with Gasteiger partial charge in [-0.1, -0.05) is 18.9 Å². The fourth-order valence-electron chi connectivity index (χ4n) is 4.49. The van der Waals surface area contributed by atoms with E-state index in [1.54, 1.807) is 19.9 Å². The number of aromatic hydroxyl groups is 1. The third kappa shape index (κ3) is 2.81. The molecule has 1 aliphatic carbocycles. The average Bonchev–Trinajstić information content (AvgIpc) is 3.33. The van der Waals surface area contributed by atoms with Gasteiger partial charge in [-0.3, -0.25) is 14.0 Å². The van der Waals surface area contributed by atoms with Gasteiger partial charge in [0.2, 0.25) is 0 Å². The summed E-state index contributed by atoms with van der Waals surface area (Å²) in [6.07, 6.45) is -2.01. The van der Waals surface area contributed by atoms with E-state index >= 15 is 0 Å². The normalized spacial score (nSPS) is 15.4. The highest BCUT2D eigenvalue weighted by atomic mass is 19.4. The largest absolute Gasteiger partial charge is 0.508 e. The maximum atomic E-state index is 14.2. The Morgan fingerprint density at radius 1 is 1.23 bits per heavy atom. The van der Waals surface area contributed by atoms with Gasteiger partial charge in [0.15, 0.2) is 11.3 Å². The number of hydrogen-bond donors (Lipinski definition) is 3. The molecule has 1 fully saturated rings. The molecule has 2 aromatic heterocycles. The second kappa shape index (κ2) is 6.68. The van der Waals surface area contributed by atoms with Crippen molar-refractivity contribution in [2.24, 2.45) is 5.73 Å². The van der Waals surface area contributed by atoms with Crippen LogP contribution < -0.4 is 11.5 Å². The molecule has 0 aliphatic heterocycles. The lowest BCUT2D eigenvalue weighted by molar-refractivity contribution is -0.143. The van der Waals surface area contributed by atoms with Crippen LogP contribution >= 0.6 is 0 Å². The van der Waals surface area contributed by atoms with Crippen molar-refractivity contribution >= 4 is 22.8 Å². The zero-order valence-corrected chi connectivity index (χ0v) is 16.5. The summed E-state index contributed by atoms with van der Waals surface area (Å²) in [6.45, 7) is 3.35. The molecule has 0 radical (unpaired) electrons. The number of benzene rings is 1. The molecule has 1 amide bonds. The Kier molecular flexibility index (Phi) is 4.48. The number of rotatable bonds is 3. The number of alkyl halides is 3. The molecule has 5 N–H and O–H groups in total. The first-order chi connectivity index (χ1) is 14.0. The van der Waals surface area contributed by atoms with Crippen LogP contribution in [0.3, 0.4) is 0 Å². The van der Waals surface area contributed by atoms with Crippen LogP contribution in [0.1, 0.15) is 58.9 Å². The van der Waals surface area contributed by atoms with Crippen molar-refractivity contribution < 1.29 is 23.1 Å². The molecule has 0 bridgehead atoms. The molecule has 1 aliphatic rings. The molecule has 1 saturated carbocycles. The van der Waals surface area contributed by atoms with Crippen LogP contribution in [0.15, 0.2) is 12.1 Å². The van der Waals surface area contributed by atoms with Crippen LogP contribution in [0.2, 0.25) is 0 Å². The van der Waals surface area contributed by atoms with Crippen LogP contribution in [-0.2, 0) is 6.18 Å². The van der Waals surface area contributed by atoms with Crippen LogP contribution in [0.5, 0.6) is 5.75 Å². The lowest BCUT2D eigenvalue weighted by atomic mass is 10.1. The van der Waals surface area contributed by atoms with Crippen molar-refractivity contribution in [2.45, 2.75) is 51.7 Å². The Morgan fingerprint density at radius 2 is 1.87 bits per heavy atom. The number of primary amides is 1. The molecule has 0 unspecified atom stereocenters. The summed E-state index contributed by atoms with van der Waals surface area (Å²) in [5, 5.41) is 14.1. The van der Waals surface area contributed by atoms with Gasteiger partial charge in [0.05, 0.1) is 22.7 Å². The number of halogens is 3. The predicted octanol–water partition coefficient (Wildman–Crippen LogP) is 3.96. The minimum absolute atomic E-state index is 0.0521. The number of carbonyl (C=O) groups excluding carboxylic acids is 1. The lowest BCUT2D eigenvalue weighted by Crippen LogP contribution is -2.20. The number of hydrogen-bond acceptors (Lipinski definition) is 4. The third-order valence-corrected chi connectivity index (χ3v) is 5.86. The number of nitrogen functional groups attached to an aromatic ring is 1. The molecule has 30 heavy (non-hydrogen) atoms. The minimum atomic E-state index is -4.76. The molecule has 0 atom stereocenters. The number of nitrogens with zero attached hydrogens (tertiary/aromatic N) is 3. The summed E-state index contributed by atoms with van der Waals surface area (Å²) in [5.41, 5.74) is 11.5. The molecule has 4 rings (SSSR count). The van der Waals surface area contributed by atoms with E-state index < -0.39 is 34.8 Å². The molecule has 10 heteroatoms. The molecular weight excluding hydrogens is 399 g/mol. The van der Waals surface area contributed by atoms with Gasteiger partial charge in [0, 0.05) is 5.56 Å². The molecule has 2 heterocycles. The molecule has 0 spiro atoms.